The highest BCUT2D eigenvalue weighted by molar-refractivity contribution is 6.33. The number of hydrogen-bond acceptors (Lipinski definition) is 2. The Hall–Kier alpha value is -0.730. The zero-order valence-corrected chi connectivity index (χ0v) is 12.0. The molecule has 0 saturated carbocycles. The van der Waals surface area contributed by atoms with Crippen LogP contribution in [0.25, 0.3) is 0 Å². The second-order valence-electron chi connectivity index (χ2n) is 5.13. The summed E-state index contributed by atoms with van der Waals surface area (Å²) in [5, 5.41) is 4.37. The maximum Gasteiger partial charge on any atom is 0.0640 e. The van der Waals surface area contributed by atoms with E-state index in [0.717, 1.165) is 36.6 Å². The van der Waals surface area contributed by atoms with Gasteiger partial charge in [-0.15, -0.1) is 0 Å². The van der Waals surface area contributed by atoms with Gasteiger partial charge in [-0.3, -0.25) is 0 Å². The van der Waals surface area contributed by atoms with E-state index in [9.17, 15) is 0 Å². The highest BCUT2D eigenvalue weighted by Crippen LogP contribution is 2.27. The molecule has 1 N–H and O–H groups in total. The Kier molecular flexibility index (Phi) is 4.90. The van der Waals surface area contributed by atoms with Crippen LogP contribution in [0.2, 0.25) is 5.02 Å². The Morgan fingerprint density at radius 1 is 1.44 bits per heavy atom. The number of rotatable bonds is 4. The van der Waals surface area contributed by atoms with Crippen molar-refractivity contribution in [2.75, 3.05) is 11.9 Å². The van der Waals surface area contributed by atoms with Crippen molar-refractivity contribution in [1.29, 1.82) is 0 Å². The molecule has 2 nitrogen and oxygen atoms in total. The normalized spacial score (nSPS) is 23.9. The standard InChI is InChI=1S/C15H22ClNO/c1-3-4-13-10-12(7-8-18-13)17-15-6-5-11(2)9-14(15)16/h5-6,9,12-13,17H,3-4,7-8,10H2,1-2H3. The van der Waals surface area contributed by atoms with Gasteiger partial charge >= 0.3 is 0 Å². The van der Waals surface area contributed by atoms with Crippen molar-refractivity contribution < 1.29 is 4.74 Å². The van der Waals surface area contributed by atoms with Gasteiger partial charge in [0.15, 0.2) is 0 Å². The first-order valence-corrected chi connectivity index (χ1v) is 7.21. The molecule has 3 heteroatoms. The largest absolute Gasteiger partial charge is 0.381 e. The Morgan fingerprint density at radius 2 is 2.28 bits per heavy atom. The van der Waals surface area contributed by atoms with E-state index < -0.39 is 0 Å². The third-order valence-electron chi connectivity index (χ3n) is 3.46. The highest BCUT2D eigenvalue weighted by atomic mass is 35.5. The van der Waals surface area contributed by atoms with E-state index in [0.29, 0.717) is 12.1 Å². The first-order chi connectivity index (χ1) is 8.69. The lowest BCUT2D eigenvalue weighted by Gasteiger charge is -2.31. The van der Waals surface area contributed by atoms with Crippen molar-refractivity contribution in [1.82, 2.24) is 0 Å². The van der Waals surface area contributed by atoms with Crippen LogP contribution in [0.15, 0.2) is 18.2 Å². The van der Waals surface area contributed by atoms with Crippen LogP contribution < -0.4 is 5.32 Å². The minimum atomic E-state index is 0.408. The molecule has 0 spiro atoms. The van der Waals surface area contributed by atoms with Crippen LogP contribution in [0, 0.1) is 6.92 Å². The second-order valence-corrected chi connectivity index (χ2v) is 5.54. The maximum absolute atomic E-state index is 6.25. The van der Waals surface area contributed by atoms with E-state index in [1.54, 1.807) is 0 Å². The van der Waals surface area contributed by atoms with Gasteiger partial charge < -0.3 is 10.1 Å². The molecular weight excluding hydrogens is 246 g/mol. The number of benzene rings is 1. The average molecular weight is 268 g/mol. The van der Waals surface area contributed by atoms with Gasteiger partial charge in [-0.1, -0.05) is 31.0 Å². The fourth-order valence-corrected chi connectivity index (χ4v) is 2.78. The number of aryl methyl sites for hydroxylation is 1. The van der Waals surface area contributed by atoms with Gasteiger partial charge in [-0.2, -0.15) is 0 Å². The topological polar surface area (TPSA) is 21.3 Å². The molecule has 0 aliphatic carbocycles. The Labute approximate surface area is 115 Å². The van der Waals surface area contributed by atoms with Gasteiger partial charge in [0.05, 0.1) is 16.8 Å². The summed E-state index contributed by atoms with van der Waals surface area (Å²) in [6.07, 6.45) is 4.88. The summed E-state index contributed by atoms with van der Waals surface area (Å²) in [6.45, 7) is 5.12. The van der Waals surface area contributed by atoms with E-state index >= 15 is 0 Å². The predicted molar refractivity (Wildman–Crippen MR) is 77.5 cm³/mol. The number of ether oxygens (including phenoxy) is 1. The van der Waals surface area contributed by atoms with Crippen molar-refractivity contribution in [2.45, 2.75) is 51.7 Å². The zero-order valence-electron chi connectivity index (χ0n) is 11.2. The van der Waals surface area contributed by atoms with Gasteiger partial charge in [0.2, 0.25) is 0 Å². The second kappa shape index (κ2) is 6.44. The Bertz CT molecular complexity index is 392. The number of anilines is 1. The Balaban J connectivity index is 1.96. The van der Waals surface area contributed by atoms with Gasteiger partial charge in [-0.25, -0.2) is 0 Å². The fraction of sp³-hybridized carbons (Fsp3) is 0.600. The molecule has 1 aliphatic rings. The monoisotopic (exact) mass is 267 g/mol. The third-order valence-corrected chi connectivity index (χ3v) is 3.77. The van der Waals surface area contributed by atoms with Crippen molar-refractivity contribution >= 4 is 17.3 Å². The van der Waals surface area contributed by atoms with Crippen molar-refractivity contribution in [2.24, 2.45) is 0 Å². The van der Waals surface area contributed by atoms with Crippen molar-refractivity contribution in [3.63, 3.8) is 0 Å². The van der Waals surface area contributed by atoms with Gasteiger partial charge in [0.25, 0.3) is 0 Å². The molecule has 0 amide bonds. The smallest absolute Gasteiger partial charge is 0.0640 e. The SMILES string of the molecule is CCCC1CC(Nc2ccc(C)cc2Cl)CCO1. The molecule has 0 bridgehead atoms. The molecule has 1 saturated heterocycles. The molecule has 2 rings (SSSR count). The van der Waals surface area contributed by atoms with E-state index in [2.05, 4.69) is 31.3 Å². The predicted octanol–water partition coefficient (Wildman–Crippen LogP) is 4.41. The maximum atomic E-state index is 6.25. The molecule has 0 aromatic heterocycles. The van der Waals surface area contributed by atoms with Crippen LogP contribution in [0.5, 0.6) is 0 Å². The Morgan fingerprint density at radius 3 is 3.00 bits per heavy atom. The molecular formula is C15H22ClNO. The lowest BCUT2D eigenvalue weighted by molar-refractivity contribution is 0.00598. The van der Waals surface area contributed by atoms with Gasteiger partial charge in [-0.05, 0) is 43.9 Å². The highest BCUT2D eigenvalue weighted by Gasteiger charge is 2.22. The molecule has 1 fully saturated rings. The lowest BCUT2D eigenvalue weighted by atomic mass is 10.00. The fourth-order valence-electron chi connectivity index (χ4n) is 2.49. The first kappa shape index (κ1) is 13.7. The van der Waals surface area contributed by atoms with Crippen molar-refractivity contribution in [3.05, 3.63) is 28.8 Å². The van der Waals surface area contributed by atoms with Crippen LogP contribution in [0.1, 0.15) is 38.2 Å². The summed E-state index contributed by atoms with van der Waals surface area (Å²) >= 11 is 6.25. The zero-order chi connectivity index (χ0) is 13.0. The molecule has 1 aromatic rings. The average Bonchev–Trinajstić information content (AvgIpc) is 2.34. The quantitative estimate of drug-likeness (QED) is 0.873. The minimum Gasteiger partial charge on any atom is -0.381 e. The lowest BCUT2D eigenvalue weighted by Crippen LogP contribution is -2.34. The minimum absolute atomic E-state index is 0.408. The summed E-state index contributed by atoms with van der Waals surface area (Å²) in [5.74, 6) is 0. The van der Waals surface area contributed by atoms with Gasteiger partial charge in [0.1, 0.15) is 0 Å². The molecule has 1 heterocycles. The third kappa shape index (κ3) is 3.63. The summed E-state index contributed by atoms with van der Waals surface area (Å²) < 4.78 is 5.76. The number of nitrogens with one attached hydrogen (secondary N) is 1. The van der Waals surface area contributed by atoms with Crippen LogP contribution in [-0.4, -0.2) is 18.8 Å². The molecule has 18 heavy (non-hydrogen) atoms. The molecule has 0 radical (unpaired) electrons. The first-order valence-electron chi connectivity index (χ1n) is 6.83. The van der Waals surface area contributed by atoms with Crippen LogP contribution >= 0.6 is 11.6 Å². The molecule has 2 unspecified atom stereocenters. The number of halogens is 1. The summed E-state index contributed by atoms with van der Waals surface area (Å²) in [4.78, 5) is 0. The van der Waals surface area contributed by atoms with Crippen LogP contribution in [0.3, 0.4) is 0 Å². The van der Waals surface area contributed by atoms with Crippen LogP contribution in [0.4, 0.5) is 5.69 Å². The molecule has 100 valence electrons. The van der Waals surface area contributed by atoms with E-state index in [1.165, 1.54) is 12.0 Å². The molecule has 2 atom stereocenters. The summed E-state index contributed by atoms with van der Waals surface area (Å²) in [6, 6.07) is 6.65. The van der Waals surface area contributed by atoms with E-state index in [-0.39, 0.29) is 0 Å². The van der Waals surface area contributed by atoms with Crippen LogP contribution in [-0.2, 0) is 4.74 Å². The van der Waals surface area contributed by atoms with E-state index in [1.807, 2.05) is 6.07 Å². The molecule has 1 aromatic carbocycles. The van der Waals surface area contributed by atoms with E-state index in [4.69, 9.17) is 16.3 Å². The summed E-state index contributed by atoms with van der Waals surface area (Å²) in [7, 11) is 0. The van der Waals surface area contributed by atoms with Gasteiger partial charge in [0, 0.05) is 12.6 Å². The van der Waals surface area contributed by atoms with Crippen molar-refractivity contribution in [3.8, 4) is 0 Å². The summed E-state index contributed by atoms with van der Waals surface area (Å²) in [5.41, 5.74) is 2.24. The molecule has 1 aliphatic heterocycles. The number of hydrogen-bond donors (Lipinski definition) is 1.